The molecule has 0 aliphatic carbocycles. The van der Waals surface area contributed by atoms with Gasteiger partial charge in [-0.2, -0.15) is 0 Å². The third kappa shape index (κ3) is 14.3. The van der Waals surface area contributed by atoms with Gasteiger partial charge in [-0.1, -0.05) is 12.1 Å². The molecule has 1 rings (SSSR count). The average Bonchev–Trinajstić information content (AvgIpc) is 2.92. The number of hydrogen-bond acceptors (Lipinski definition) is 9. The van der Waals surface area contributed by atoms with Crippen molar-refractivity contribution in [2.24, 2.45) is 27.9 Å². The molecule has 0 aliphatic heterocycles. The smallest absolute Gasteiger partial charge is 0.326 e. The van der Waals surface area contributed by atoms with Crippen LogP contribution in [0.15, 0.2) is 29.3 Å². The second-order valence-electron chi connectivity index (χ2n) is 9.66. The molecular weight excluding hydrogens is 552 g/mol. The normalized spacial score (nSPS) is 13.6. The van der Waals surface area contributed by atoms with E-state index in [4.69, 9.17) is 28.0 Å². The van der Waals surface area contributed by atoms with E-state index in [1.165, 1.54) is 12.1 Å². The molecule has 0 bridgehead atoms. The maximum Gasteiger partial charge on any atom is 0.326 e. The molecular formula is C26H42N8O8. The fraction of sp³-hybridized carbons (Fsp3) is 0.538. The molecule has 16 nitrogen and oxygen atoms in total. The minimum Gasteiger partial charge on any atom is -0.508 e. The first-order valence-electron chi connectivity index (χ1n) is 13.5. The summed E-state index contributed by atoms with van der Waals surface area (Å²) in [5.74, 6) is -5.03. The molecule has 4 atom stereocenters. The number of carboxylic acid groups (broad SMARTS) is 2. The van der Waals surface area contributed by atoms with Gasteiger partial charge in [-0.15, -0.1) is 0 Å². The van der Waals surface area contributed by atoms with E-state index >= 15 is 0 Å². The quantitative estimate of drug-likeness (QED) is 0.0439. The van der Waals surface area contributed by atoms with Gasteiger partial charge in [0, 0.05) is 13.0 Å². The number of aromatic hydroxyl groups is 1. The molecule has 0 aliphatic rings. The molecule has 0 radical (unpaired) electrons. The zero-order chi connectivity index (χ0) is 31.7. The van der Waals surface area contributed by atoms with Crippen LogP contribution in [-0.4, -0.2) is 88.2 Å². The third-order valence-electron chi connectivity index (χ3n) is 6.15. The van der Waals surface area contributed by atoms with Crippen LogP contribution in [0.2, 0.25) is 0 Å². The van der Waals surface area contributed by atoms with Crippen LogP contribution in [0.5, 0.6) is 5.75 Å². The SMILES string of the molecule is NCCCCC(NC(=O)C(CCC(=O)O)NC(=O)C(CCCN=C(N)N)NC(=O)C(N)Cc1ccc(O)cc1)C(=O)O. The summed E-state index contributed by atoms with van der Waals surface area (Å²) in [6, 6.07) is 1.09. The van der Waals surface area contributed by atoms with Crippen molar-refractivity contribution in [3.8, 4) is 5.75 Å². The number of phenolic OH excluding ortho intramolecular Hbond substituents is 1. The summed E-state index contributed by atoms with van der Waals surface area (Å²) in [7, 11) is 0. The highest BCUT2D eigenvalue weighted by molar-refractivity contribution is 5.94. The maximum absolute atomic E-state index is 13.3. The van der Waals surface area contributed by atoms with Gasteiger partial charge in [0.15, 0.2) is 5.96 Å². The highest BCUT2D eigenvalue weighted by Gasteiger charge is 2.30. The number of carboxylic acids is 2. The Balaban J connectivity index is 3.06. The lowest BCUT2D eigenvalue weighted by Crippen LogP contribution is -2.57. The van der Waals surface area contributed by atoms with Crippen molar-refractivity contribution in [1.29, 1.82) is 0 Å². The summed E-state index contributed by atoms with van der Waals surface area (Å²) < 4.78 is 0. The zero-order valence-electron chi connectivity index (χ0n) is 23.3. The van der Waals surface area contributed by atoms with Crippen molar-refractivity contribution in [1.82, 2.24) is 16.0 Å². The van der Waals surface area contributed by atoms with Gasteiger partial charge in [-0.25, -0.2) is 4.79 Å². The first-order valence-corrected chi connectivity index (χ1v) is 13.5. The van der Waals surface area contributed by atoms with Gasteiger partial charge in [-0.05, 0) is 69.2 Å². The fourth-order valence-electron chi connectivity index (χ4n) is 3.86. The standard InChI is InChI=1S/C26H42N8O8/c27-12-2-1-4-20(25(41)42)34-24(40)19(10-11-21(36)37)33-23(39)18(5-3-13-31-26(29)30)32-22(38)17(28)14-15-6-8-16(35)9-7-15/h6-9,17-20,35H,1-5,10-14,27-28H2,(H,32,38)(H,33,39)(H,34,40)(H,36,37)(H,41,42)(H4,29,30,31). The van der Waals surface area contributed by atoms with Gasteiger partial charge >= 0.3 is 11.9 Å². The van der Waals surface area contributed by atoms with Crippen molar-refractivity contribution in [3.05, 3.63) is 29.8 Å². The largest absolute Gasteiger partial charge is 0.508 e. The van der Waals surface area contributed by atoms with E-state index in [2.05, 4.69) is 20.9 Å². The van der Waals surface area contributed by atoms with Crippen molar-refractivity contribution in [2.75, 3.05) is 13.1 Å². The first-order chi connectivity index (χ1) is 19.8. The molecule has 1 aromatic rings. The van der Waals surface area contributed by atoms with E-state index in [-0.39, 0.29) is 50.4 Å². The predicted octanol–water partition coefficient (Wildman–Crippen LogP) is -2.15. The molecule has 4 unspecified atom stereocenters. The Morgan fingerprint density at radius 2 is 1.33 bits per heavy atom. The number of aliphatic imine (C=N–C) groups is 1. The summed E-state index contributed by atoms with van der Waals surface area (Å²) in [4.78, 5) is 65.8. The van der Waals surface area contributed by atoms with Gasteiger partial charge in [0.1, 0.15) is 23.9 Å². The predicted molar refractivity (Wildman–Crippen MR) is 153 cm³/mol. The molecule has 0 saturated heterocycles. The number of carbonyl (C=O) groups is 5. The number of guanidine groups is 1. The molecule has 14 N–H and O–H groups in total. The van der Waals surface area contributed by atoms with Crippen LogP contribution < -0.4 is 38.9 Å². The topological polar surface area (TPSA) is 299 Å². The molecule has 0 fully saturated rings. The summed E-state index contributed by atoms with van der Waals surface area (Å²) in [6.07, 6.45) is 0.587. The molecule has 3 amide bonds. The highest BCUT2D eigenvalue weighted by atomic mass is 16.4. The third-order valence-corrected chi connectivity index (χ3v) is 6.15. The number of carbonyl (C=O) groups excluding carboxylic acids is 3. The second-order valence-corrected chi connectivity index (χ2v) is 9.66. The summed E-state index contributed by atoms with van der Waals surface area (Å²) in [6.45, 7) is 0.472. The number of unbranched alkanes of at least 4 members (excludes halogenated alkanes) is 1. The molecule has 0 aromatic heterocycles. The minimum absolute atomic E-state index is 0.0321. The Morgan fingerprint density at radius 1 is 0.786 bits per heavy atom. The van der Waals surface area contributed by atoms with Crippen molar-refractivity contribution in [2.45, 2.75) is 75.5 Å². The number of benzene rings is 1. The number of nitrogens with one attached hydrogen (secondary N) is 3. The molecule has 16 heteroatoms. The van der Waals surface area contributed by atoms with Crippen LogP contribution in [0.25, 0.3) is 0 Å². The molecule has 1 aromatic carbocycles. The number of rotatable bonds is 20. The summed E-state index contributed by atoms with van der Waals surface area (Å²) in [5.41, 5.74) is 22.8. The van der Waals surface area contributed by atoms with Gasteiger partial charge in [0.2, 0.25) is 17.7 Å². The first kappa shape index (κ1) is 35.6. The second kappa shape index (κ2) is 18.8. The van der Waals surface area contributed by atoms with Crippen molar-refractivity contribution < 1.29 is 39.3 Å². The van der Waals surface area contributed by atoms with Gasteiger partial charge in [-0.3, -0.25) is 24.2 Å². The van der Waals surface area contributed by atoms with E-state index in [1.807, 2.05) is 0 Å². The van der Waals surface area contributed by atoms with Crippen LogP contribution in [0.4, 0.5) is 0 Å². The van der Waals surface area contributed by atoms with E-state index < -0.39 is 60.2 Å². The number of nitrogens with two attached hydrogens (primary N) is 4. The van der Waals surface area contributed by atoms with Crippen LogP contribution in [-0.2, 0) is 30.4 Å². The Hall–Kier alpha value is -4.44. The van der Waals surface area contributed by atoms with E-state index in [1.54, 1.807) is 12.1 Å². The lowest BCUT2D eigenvalue weighted by Gasteiger charge is -2.25. The monoisotopic (exact) mass is 594 g/mol. The Kier molecular flexibility index (Phi) is 15.9. The molecule has 0 heterocycles. The average molecular weight is 595 g/mol. The molecule has 0 saturated carbocycles. The Morgan fingerprint density at radius 3 is 1.88 bits per heavy atom. The maximum atomic E-state index is 13.3. The van der Waals surface area contributed by atoms with Crippen LogP contribution >= 0.6 is 0 Å². The Labute approximate surface area is 243 Å². The van der Waals surface area contributed by atoms with Crippen LogP contribution in [0.3, 0.4) is 0 Å². The van der Waals surface area contributed by atoms with Crippen molar-refractivity contribution >= 4 is 35.6 Å². The number of aliphatic carboxylic acids is 2. The Bertz CT molecular complexity index is 1080. The van der Waals surface area contributed by atoms with Crippen LogP contribution in [0.1, 0.15) is 50.5 Å². The van der Waals surface area contributed by atoms with E-state index in [0.29, 0.717) is 24.9 Å². The van der Waals surface area contributed by atoms with Gasteiger partial charge in [0.05, 0.1) is 6.04 Å². The number of phenols is 1. The highest BCUT2D eigenvalue weighted by Crippen LogP contribution is 2.11. The lowest BCUT2D eigenvalue weighted by molar-refractivity contribution is -0.143. The van der Waals surface area contributed by atoms with Crippen molar-refractivity contribution in [3.63, 3.8) is 0 Å². The van der Waals surface area contributed by atoms with E-state index in [9.17, 15) is 34.2 Å². The molecule has 0 spiro atoms. The number of amides is 3. The zero-order valence-corrected chi connectivity index (χ0v) is 23.3. The number of hydrogen-bond donors (Lipinski definition) is 10. The molecule has 234 valence electrons. The minimum atomic E-state index is -1.41. The van der Waals surface area contributed by atoms with Gasteiger partial charge < -0.3 is 54.2 Å². The summed E-state index contributed by atoms with van der Waals surface area (Å²) >= 11 is 0. The van der Waals surface area contributed by atoms with Gasteiger partial charge in [0.25, 0.3) is 0 Å². The lowest BCUT2D eigenvalue weighted by atomic mass is 10.0. The fourth-order valence-corrected chi connectivity index (χ4v) is 3.86. The summed E-state index contributed by atoms with van der Waals surface area (Å²) in [5, 5.41) is 35.4. The molecule has 42 heavy (non-hydrogen) atoms. The number of nitrogens with zero attached hydrogens (tertiary/aromatic N) is 1. The van der Waals surface area contributed by atoms with Crippen LogP contribution in [0, 0.1) is 0 Å². The van der Waals surface area contributed by atoms with E-state index in [0.717, 1.165) is 0 Å².